The van der Waals surface area contributed by atoms with Gasteiger partial charge in [0.2, 0.25) is 21.1 Å². The zero-order valence-corrected chi connectivity index (χ0v) is 18.2. The molecule has 0 saturated heterocycles. The Kier molecular flexibility index (Phi) is 6.61. The van der Waals surface area contributed by atoms with Crippen LogP contribution >= 0.6 is 11.3 Å². The highest BCUT2D eigenvalue weighted by atomic mass is 32.2. The Bertz CT molecular complexity index is 1110. The molecule has 1 heterocycles. The second-order valence-corrected chi connectivity index (χ2v) is 9.87. The minimum absolute atomic E-state index is 0.121. The summed E-state index contributed by atoms with van der Waals surface area (Å²) < 4.78 is 28.4. The third-order valence-electron chi connectivity index (χ3n) is 4.42. The zero-order chi connectivity index (χ0) is 21.0. The van der Waals surface area contributed by atoms with Crippen molar-refractivity contribution in [2.45, 2.75) is 44.6 Å². The van der Waals surface area contributed by atoms with E-state index >= 15 is 0 Å². The first-order chi connectivity index (χ1) is 13.8. The summed E-state index contributed by atoms with van der Waals surface area (Å²) in [4.78, 5) is 12.9. The normalized spacial score (nSPS) is 13.0. The molecule has 0 aliphatic carbocycles. The lowest BCUT2D eigenvalue weighted by Gasteiger charge is -2.21. The summed E-state index contributed by atoms with van der Waals surface area (Å²) in [6, 6.07) is 11.5. The van der Waals surface area contributed by atoms with Crippen LogP contribution in [0.2, 0.25) is 0 Å². The van der Waals surface area contributed by atoms with Crippen molar-refractivity contribution in [2.24, 2.45) is 5.92 Å². The topological polar surface area (TPSA) is 101 Å². The van der Waals surface area contributed by atoms with Gasteiger partial charge in [0.05, 0.1) is 4.90 Å². The molecule has 3 rings (SSSR count). The van der Waals surface area contributed by atoms with Crippen LogP contribution in [0.25, 0.3) is 10.8 Å². The van der Waals surface area contributed by atoms with Gasteiger partial charge in [0.25, 0.3) is 0 Å². The smallest absolute Gasteiger partial charge is 0.244 e. The van der Waals surface area contributed by atoms with E-state index in [-0.39, 0.29) is 10.8 Å². The number of nitrogens with one attached hydrogen (secondary N) is 2. The van der Waals surface area contributed by atoms with E-state index in [2.05, 4.69) is 20.2 Å². The molecule has 154 valence electrons. The average Bonchev–Trinajstić information content (AvgIpc) is 3.12. The Hall–Kier alpha value is -2.36. The van der Waals surface area contributed by atoms with Gasteiger partial charge in [-0.1, -0.05) is 62.4 Å². The van der Waals surface area contributed by atoms with Crippen LogP contribution in [0.1, 0.15) is 32.2 Å². The lowest BCUT2D eigenvalue weighted by atomic mass is 10.1. The van der Waals surface area contributed by atoms with E-state index in [0.29, 0.717) is 5.13 Å². The van der Waals surface area contributed by atoms with E-state index in [0.717, 1.165) is 28.6 Å². The Morgan fingerprint density at radius 3 is 2.52 bits per heavy atom. The molecule has 1 atom stereocenters. The van der Waals surface area contributed by atoms with Gasteiger partial charge in [0.1, 0.15) is 11.0 Å². The Labute approximate surface area is 174 Å². The third kappa shape index (κ3) is 5.17. The number of aromatic nitrogens is 2. The van der Waals surface area contributed by atoms with Gasteiger partial charge >= 0.3 is 0 Å². The molecule has 3 aromatic rings. The van der Waals surface area contributed by atoms with E-state index in [1.807, 2.05) is 31.2 Å². The summed E-state index contributed by atoms with van der Waals surface area (Å²) in [6.07, 6.45) is 1.72. The number of carbonyl (C=O) groups is 1. The molecule has 7 nitrogen and oxygen atoms in total. The summed E-state index contributed by atoms with van der Waals surface area (Å²) in [5.74, 6) is -0.711. The van der Waals surface area contributed by atoms with Gasteiger partial charge in [0.15, 0.2) is 0 Å². The number of amides is 1. The molecule has 0 aliphatic rings. The van der Waals surface area contributed by atoms with Crippen LogP contribution < -0.4 is 10.0 Å². The van der Waals surface area contributed by atoms with Crippen molar-refractivity contribution in [3.63, 3.8) is 0 Å². The van der Waals surface area contributed by atoms with Gasteiger partial charge in [-0.25, -0.2) is 8.42 Å². The molecule has 29 heavy (non-hydrogen) atoms. The minimum atomic E-state index is -3.88. The van der Waals surface area contributed by atoms with Crippen LogP contribution in [0.3, 0.4) is 0 Å². The Morgan fingerprint density at radius 2 is 1.83 bits per heavy atom. The number of hydrogen-bond acceptors (Lipinski definition) is 6. The van der Waals surface area contributed by atoms with Crippen LogP contribution in [-0.4, -0.2) is 30.6 Å². The Balaban J connectivity index is 1.79. The predicted octanol–water partition coefficient (Wildman–Crippen LogP) is 3.59. The molecule has 0 fully saturated rings. The number of carbonyl (C=O) groups excluding carboxylic acids is 1. The standard InChI is InChI=1S/C20H24N4O3S2/c1-4-7-17-22-23-20(28-17)21-19(25)18(13(2)3)24-29(26,27)16-11-10-14-8-5-6-9-15(14)12-16/h5-6,8-13,18,24H,4,7H2,1-3H3,(H,21,23,25). The number of rotatable bonds is 8. The summed E-state index contributed by atoms with van der Waals surface area (Å²) in [7, 11) is -3.88. The summed E-state index contributed by atoms with van der Waals surface area (Å²) in [5, 5.41) is 13.6. The molecular formula is C20H24N4O3S2. The average molecular weight is 433 g/mol. The fourth-order valence-electron chi connectivity index (χ4n) is 2.86. The maximum absolute atomic E-state index is 12.9. The van der Waals surface area contributed by atoms with Crippen LogP contribution in [-0.2, 0) is 21.2 Å². The van der Waals surface area contributed by atoms with E-state index in [4.69, 9.17) is 0 Å². The van der Waals surface area contributed by atoms with Crippen molar-refractivity contribution < 1.29 is 13.2 Å². The first kappa shape index (κ1) is 21.4. The van der Waals surface area contributed by atoms with Crippen molar-refractivity contribution in [1.82, 2.24) is 14.9 Å². The molecule has 0 spiro atoms. The second-order valence-electron chi connectivity index (χ2n) is 7.09. The maximum atomic E-state index is 12.9. The summed E-state index contributed by atoms with van der Waals surface area (Å²) in [6.45, 7) is 5.61. The highest BCUT2D eigenvalue weighted by Gasteiger charge is 2.29. The maximum Gasteiger partial charge on any atom is 0.244 e. The third-order valence-corrected chi connectivity index (χ3v) is 6.76. The second kappa shape index (κ2) is 8.98. The first-order valence-electron chi connectivity index (χ1n) is 9.44. The molecule has 0 saturated carbocycles. The first-order valence-corrected chi connectivity index (χ1v) is 11.7. The van der Waals surface area contributed by atoms with Crippen molar-refractivity contribution in [3.05, 3.63) is 47.5 Å². The molecular weight excluding hydrogens is 408 g/mol. The SMILES string of the molecule is CCCc1nnc(NC(=O)C(NS(=O)(=O)c2ccc3ccccc3c2)C(C)C)s1. The number of nitrogens with zero attached hydrogens (tertiary/aromatic N) is 2. The molecule has 0 radical (unpaired) electrons. The number of aryl methyl sites for hydroxylation is 1. The molecule has 1 aromatic heterocycles. The highest BCUT2D eigenvalue weighted by molar-refractivity contribution is 7.89. The Morgan fingerprint density at radius 1 is 1.10 bits per heavy atom. The number of sulfonamides is 1. The van der Waals surface area contributed by atoms with E-state index in [1.165, 1.54) is 11.3 Å². The van der Waals surface area contributed by atoms with Gasteiger partial charge in [-0.3, -0.25) is 10.1 Å². The van der Waals surface area contributed by atoms with Crippen LogP contribution in [0.4, 0.5) is 5.13 Å². The van der Waals surface area contributed by atoms with Crippen molar-refractivity contribution in [1.29, 1.82) is 0 Å². The number of fused-ring (bicyclic) bond motifs is 1. The number of benzene rings is 2. The van der Waals surface area contributed by atoms with Gasteiger partial charge in [-0.2, -0.15) is 4.72 Å². The van der Waals surface area contributed by atoms with Crippen molar-refractivity contribution in [2.75, 3.05) is 5.32 Å². The molecule has 9 heteroatoms. The van der Waals surface area contributed by atoms with Crippen LogP contribution in [0, 0.1) is 5.92 Å². The van der Waals surface area contributed by atoms with Crippen molar-refractivity contribution >= 4 is 43.2 Å². The molecule has 2 aromatic carbocycles. The molecule has 1 unspecified atom stereocenters. The molecule has 2 N–H and O–H groups in total. The van der Waals surface area contributed by atoms with Gasteiger partial charge in [0, 0.05) is 6.42 Å². The molecule has 1 amide bonds. The largest absolute Gasteiger partial charge is 0.299 e. The van der Waals surface area contributed by atoms with E-state index in [9.17, 15) is 13.2 Å². The lowest BCUT2D eigenvalue weighted by molar-refractivity contribution is -0.118. The van der Waals surface area contributed by atoms with Crippen LogP contribution in [0.15, 0.2) is 47.4 Å². The fourth-order valence-corrected chi connectivity index (χ4v) is 5.09. The van der Waals surface area contributed by atoms with E-state index in [1.54, 1.807) is 32.0 Å². The quantitative estimate of drug-likeness (QED) is 0.566. The lowest BCUT2D eigenvalue weighted by Crippen LogP contribution is -2.47. The number of anilines is 1. The summed E-state index contributed by atoms with van der Waals surface area (Å²) >= 11 is 1.30. The molecule has 0 aliphatic heterocycles. The zero-order valence-electron chi connectivity index (χ0n) is 16.5. The number of hydrogen-bond donors (Lipinski definition) is 2. The van der Waals surface area contributed by atoms with Gasteiger partial charge < -0.3 is 0 Å². The van der Waals surface area contributed by atoms with Crippen molar-refractivity contribution in [3.8, 4) is 0 Å². The van der Waals surface area contributed by atoms with Gasteiger partial charge in [-0.05, 0) is 35.2 Å². The minimum Gasteiger partial charge on any atom is -0.299 e. The fraction of sp³-hybridized carbons (Fsp3) is 0.350. The molecule has 0 bridgehead atoms. The summed E-state index contributed by atoms with van der Waals surface area (Å²) in [5.41, 5.74) is 0. The van der Waals surface area contributed by atoms with Crippen LogP contribution in [0.5, 0.6) is 0 Å². The van der Waals surface area contributed by atoms with Gasteiger partial charge in [-0.15, -0.1) is 10.2 Å². The monoisotopic (exact) mass is 432 g/mol. The highest BCUT2D eigenvalue weighted by Crippen LogP contribution is 2.21. The predicted molar refractivity (Wildman–Crippen MR) is 115 cm³/mol. The van der Waals surface area contributed by atoms with E-state index < -0.39 is 22.0 Å².